The predicted molar refractivity (Wildman–Crippen MR) is 68.3 cm³/mol. The lowest BCUT2D eigenvalue weighted by atomic mass is 9.83. The second-order valence-corrected chi connectivity index (χ2v) is 5.07. The van der Waals surface area contributed by atoms with E-state index in [1.54, 1.807) is 0 Å². The van der Waals surface area contributed by atoms with Crippen molar-refractivity contribution in [2.24, 2.45) is 11.8 Å². The average Bonchev–Trinajstić information content (AvgIpc) is 2.71. The molecule has 1 amide bonds. The minimum absolute atomic E-state index is 0.392. The smallest absolute Gasteiger partial charge is 0.222 e. The molecule has 0 radical (unpaired) electrons. The standard InChI is InChI=1S/C12H21NO.C2H6/c1-10-4-6-11(7-5-10)9-13-8-2-3-12(13)14;1-2/h10-11H,2-9H2,1H3;1-2H3. The minimum Gasteiger partial charge on any atom is -0.342 e. The molecule has 16 heavy (non-hydrogen) atoms. The summed E-state index contributed by atoms with van der Waals surface area (Å²) >= 11 is 0. The summed E-state index contributed by atoms with van der Waals surface area (Å²) in [4.78, 5) is 13.5. The quantitative estimate of drug-likeness (QED) is 0.704. The zero-order valence-corrected chi connectivity index (χ0v) is 11.2. The van der Waals surface area contributed by atoms with Crippen LogP contribution in [-0.2, 0) is 4.79 Å². The summed E-state index contributed by atoms with van der Waals surface area (Å²) in [5, 5.41) is 0. The van der Waals surface area contributed by atoms with Gasteiger partial charge in [0.2, 0.25) is 5.91 Å². The Bertz CT molecular complexity index is 207. The van der Waals surface area contributed by atoms with Crippen LogP contribution in [0.1, 0.15) is 59.3 Å². The Hall–Kier alpha value is -0.530. The van der Waals surface area contributed by atoms with Gasteiger partial charge in [-0.05, 0) is 31.1 Å². The molecular weight excluding hydrogens is 198 g/mol. The van der Waals surface area contributed by atoms with Crippen molar-refractivity contribution < 1.29 is 4.79 Å². The van der Waals surface area contributed by atoms with Crippen LogP contribution in [0.15, 0.2) is 0 Å². The third-order valence-corrected chi connectivity index (χ3v) is 3.79. The molecule has 0 aromatic rings. The van der Waals surface area contributed by atoms with E-state index in [1.807, 2.05) is 13.8 Å². The molecule has 1 aliphatic heterocycles. The van der Waals surface area contributed by atoms with Gasteiger partial charge < -0.3 is 4.90 Å². The largest absolute Gasteiger partial charge is 0.342 e. The molecule has 2 heteroatoms. The molecule has 2 aliphatic rings. The zero-order valence-electron chi connectivity index (χ0n) is 11.2. The second-order valence-electron chi connectivity index (χ2n) is 5.07. The Balaban J connectivity index is 0.000000606. The number of amides is 1. The number of nitrogens with zero attached hydrogens (tertiary/aromatic N) is 1. The van der Waals surface area contributed by atoms with Gasteiger partial charge in [-0.2, -0.15) is 0 Å². The highest BCUT2D eigenvalue weighted by Crippen LogP contribution is 2.29. The van der Waals surface area contributed by atoms with E-state index in [2.05, 4.69) is 11.8 Å². The van der Waals surface area contributed by atoms with Crippen LogP contribution < -0.4 is 0 Å². The molecule has 2 nitrogen and oxygen atoms in total. The topological polar surface area (TPSA) is 20.3 Å². The van der Waals surface area contributed by atoms with Gasteiger partial charge in [0, 0.05) is 19.5 Å². The number of carbonyl (C=O) groups is 1. The maximum absolute atomic E-state index is 11.4. The monoisotopic (exact) mass is 225 g/mol. The van der Waals surface area contributed by atoms with Gasteiger partial charge in [-0.1, -0.05) is 33.6 Å². The highest BCUT2D eigenvalue weighted by molar-refractivity contribution is 5.78. The molecule has 0 unspecified atom stereocenters. The Labute approximate surface area is 100 Å². The van der Waals surface area contributed by atoms with Crippen LogP contribution in [0.2, 0.25) is 0 Å². The molecule has 2 rings (SSSR count). The SMILES string of the molecule is CC.CC1CCC(CN2CCCC2=O)CC1. The lowest BCUT2D eigenvalue weighted by Crippen LogP contribution is -2.32. The van der Waals surface area contributed by atoms with Crippen molar-refractivity contribution in [3.8, 4) is 0 Å². The summed E-state index contributed by atoms with van der Waals surface area (Å²) in [6, 6.07) is 0. The van der Waals surface area contributed by atoms with Gasteiger partial charge in [-0.3, -0.25) is 4.79 Å². The zero-order chi connectivity index (χ0) is 12.0. The molecule has 0 aromatic carbocycles. The summed E-state index contributed by atoms with van der Waals surface area (Å²) in [5.41, 5.74) is 0. The summed E-state index contributed by atoms with van der Waals surface area (Å²) in [6.07, 6.45) is 7.29. The van der Waals surface area contributed by atoms with Crippen molar-refractivity contribution in [3.63, 3.8) is 0 Å². The van der Waals surface area contributed by atoms with Crippen LogP contribution in [0.5, 0.6) is 0 Å². The fourth-order valence-electron chi connectivity index (χ4n) is 2.72. The molecule has 0 aromatic heterocycles. The van der Waals surface area contributed by atoms with E-state index >= 15 is 0 Å². The van der Waals surface area contributed by atoms with Crippen LogP contribution >= 0.6 is 0 Å². The fourth-order valence-corrected chi connectivity index (χ4v) is 2.72. The van der Waals surface area contributed by atoms with Crippen LogP contribution in [0.25, 0.3) is 0 Å². The molecule has 1 saturated heterocycles. The van der Waals surface area contributed by atoms with Crippen LogP contribution in [0, 0.1) is 11.8 Å². The molecule has 1 saturated carbocycles. The van der Waals surface area contributed by atoms with E-state index in [0.29, 0.717) is 5.91 Å². The molecule has 0 N–H and O–H groups in total. The van der Waals surface area contributed by atoms with Crippen LogP contribution in [0.3, 0.4) is 0 Å². The third kappa shape index (κ3) is 3.80. The van der Waals surface area contributed by atoms with Crippen molar-refractivity contribution in [2.45, 2.75) is 59.3 Å². The maximum atomic E-state index is 11.4. The van der Waals surface area contributed by atoms with E-state index in [4.69, 9.17) is 0 Å². The van der Waals surface area contributed by atoms with Gasteiger partial charge >= 0.3 is 0 Å². The summed E-state index contributed by atoms with van der Waals surface area (Å²) < 4.78 is 0. The summed E-state index contributed by atoms with van der Waals surface area (Å²) in [7, 11) is 0. The lowest BCUT2D eigenvalue weighted by Gasteiger charge is -2.29. The van der Waals surface area contributed by atoms with Gasteiger partial charge in [0.1, 0.15) is 0 Å². The van der Waals surface area contributed by atoms with Crippen molar-refractivity contribution >= 4 is 5.91 Å². The number of carbonyl (C=O) groups excluding carboxylic acids is 1. The van der Waals surface area contributed by atoms with Crippen molar-refractivity contribution in [1.29, 1.82) is 0 Å². The van der Waals surface area contributed by atoms with Gasteiger partial charge in [0.15, 0.2) is 0 Å². The van der Waals surface area contributed by atoms with Gasteiger partial charge in [-0.25, -0.2) is 0 Å². The number of hydrogen-bond donors (Lipinski definition) is 0. The number of hydrogen-bond acceptors (Lipinski definition) is 1. The van der Waals surface area contributed by atoms with E-state index in [1.165, 1.54) is 25.7 Å². The maximum Gasteiger partial charge on any atom is 0.222 e. The van der Waals surface area contributed by atoms with E-state index in [9.17, 15) is 4.79 Å². The molecule has 94 valence electrons. The molecule has 0 bridgehead atoms. The molecule has 0 atom stereocenters. The molecule has 1 aliphatic carbocycles. The first-order chi connectivity index (χ1) is 7.75. The van der Waals surface area contributed by atoms with Gasteiger partial charge in [0.25, 0.3) is 0 Å². The van der Waals surface area contributed by atoms with Crippen LogP contribution in [0.4, 0.5) is 0 Å². The van der Waals surface area contributed by atoms with Gasteiger partial charge in [0.05, 0.1) is 0 Å². The Morgan fingerprint density at radius 3 is 2.31 bits per heavy atom. The molecule has 2 fully saturated rings. The Kier molecular flexibility index (Phi) is 5.86. The highest BCUT2D eigenvalue weighted by Gasteiger charge is 2.25. The molecular formula is C14H27NO. The normalized spacial score (nSPS) is 29.9. The Morgan fingerprint density at radius 2 is 1.81 bits per heavy atom. The summed E-state index contributed by atoms with van der Waals surface area (Å²) in [5.74, 6) is 2.11. The van der Waals surface area contributed by atoms with Gasteiger partial charge in [-0.15, -0.1) is 0 Å². The first kappa shape index (κ1) is 13.5. The van der Waals surface area contributed by atoms with E-state index < -0.39 is 0 Å². The van der Waals surface area contributed by atoms with Crippen molar-refractivity contribution in [3.05, 3.63) is 0 Å². The van der Waals surface area contributed by atoms with E-state index in [0.717, 1.165) is 37.8 Å². The average molecular weight is 225 g/mol. The minimum atomic E-state index is 0.392. The molecule has 1 heterocycles. The fraction of sp³-hybridized carbons (Fsp3) is 0.929. The lowest BCUT2D eigenvalue weighted by molar-refractivity contribution is -0.128. The number of rotatable bonds is 2. The summed E-state index contributed by atoms with van der Waals surface area (Å²) in [6.45, 7) is 8.41. The highest BCUT2D eigenvalue weighted by atomic mass is 16.2. The van der Waals surface area contributed by atoms with Crippen LogP contribution in [-0.4, -0.2) is 23.9 Å². The van der Waals surface area contributed by atoms with E-state index in [-0.39, 0.29) is 0 Å². The van der Waals surface area contributed by atoms with Crippen molar-refractivity contribution in [2.75, 3.05) is 13.1 Å². The predicted octanol–water partition coefficient (Wildman–Crippen LogP) is 3.46. The third-order valence-electron chi connectivity index (χ3n) is 3.79. The first-order valence-electron chi connectivity index (χ1n) is 7.03. The Morgan fingerprint density at radius 1 is 1.19 bits per heavy atom. The van der Waals surface area contributed by atoms with Crippen molar-refractivity contribution in [1.82, 2.24) is 4.90 Å². The first-order valence-corrected chi connectivity index (χ1v) is 7.03. The number of likely N-dealkylation sites (tertiary alicyclic amines) is 1. The second kappa shape index (κ2) is 6.93. The molecule has 0 spiro atoms.